The van der Waals surface area contributed by atoms with Crippen molar-refractivity contribution >= 4 is 0 Å². The standard InChI is InChI=1S/C12H26N2/c1-10(2)11-6-5-7-12(8-11,9-13)14(3)4/h10-11H,5-9,13H2,1-4H3. The molecule has 2 atom stereocenters. The molecule has 1 aliphatic rings. The molecule has 0 aromatic heterocycles. The minimum Gasteiger partial charge on any atom is -0.329 e. The Labute approximate surface area is 88.8 Å². The largest absolute Gasteiger partial charge is 0.329 e. The lowest BCUT2D eigenvalue weighted by atomic mass is 9.71. The number of nitrogens with two attached hydrogens (primary N) is 1. The van der Waals surface area contributed by atoms with Crippen LogP contribution in [-0.4, -0.2) is 31.1 Å². The van der Waals surface area contributed by atoms with Gasteiger partial charge in [0.1, 0.15) is 0 Å². The number of hydrogen-bond donors (Lipinski definition) is 1. The molecule has 1 aliphatic carbocycles. The lowest BCUT2D eigenvalue weighted by molar-refractivity contribution is 0.0643. The maximum absolute atomic E-state index is 5.96. The topological polar surface area (TPSA) is 29.3 Å². The van der Waals surface area contributed by atoms with Crippen molar-refractivity contribution in [3.8, 4) is 0 Å². The minimum absolute atomic E-state index is 0.285. The van der Waals surface area contributed by atoms with Crippen LogP contribution >= 0.6 is 0 Å². The van der Waals surface area contributed by atoms with E-state index in [0.29, 0.717) is 0 Å². The van der Waals surface area contributed by atoms with E-state index >= 15 is 0 Å². The summed E-state index contributed by atoms with van der Waals surface area (Å²) in [6.45, 7) is 5.49. The summed E-state index contributed by atoms with van der Waals surface area (Å²) in [7, 11) is 4.35. The van der Waals surface area contributed by atoms with Crippen LogP contribution in [0.5, 0.6) is 0 Å². The Hall–Kier alpha value is -0.0800. The van der Waals surface area contributed by atoms with Crippen molar-refractivity contribution in [2.45, 2.75) is 45.1 Å². The molecule has 1 fully saturated rings. The highest BCUT2D eigenvalue weighted by Crippen LogP contribution is 2.38. The van der Waals surface area contributed by atoms with Gasteiger partial charge in [0.2, 0.25) is 0 Å². The minimum atomic E-state index is 0.285. The first kappa shape index (κ1) is 12.0. The lowest BCUT2D eigenvalue weighted by Gasteiger charge is -2.46. The first-order valence-corrected chi connectivity index (χ1v) is 5.89. The molecule has 84 valence electrons. The van der Waals surface area contributed by atoms with E-state index < -0.39 is 0 Å². The molecule has 2 N–H and O–H groups in total. The fourth-order valence-corrected chi connectivity index (χ4v) is 2.73. The van der Waals surface area contributed by atoms with Crippen molar-refractivity contribution in [2.75, 3.05) is 20.6 Å². The third-order valence-electron chi connectivity index (χ3n) is 4.13. The molecule has 0 bridgehead atoms. The first-order valence-electron chi connectivity index (χ1n) is 5.89. The highest BCUT2D eigenvalue weighted by atomic mass is 15.2. The molecule has 1 rings (SSSR count). The Morgan fingerprint density at radius 3 is 2.50 bits per heavy atom. The maximum Gasteiger partial charge on any atom is 0.0328 e. The van der Waals surface area contributed by atoms with Crippen LogP contribution in [0.4, 0.5) is 0 Å². The molecule has 2 heteroatoms. The second-order valence-electron chi connectivity index (χ2n) is 5.42. The lowest BCUT2D eigenvalue weighted by Crippen LogP contribution is -2.53. The van der Waals surface area contributed by atoms with E-state index in [4.69, 9.17) is 5.73 Å². The monoisotopic (exact) mass is 198 g/mol. The second-order valence-corrected chi connectivity index (χ2v) is 5.42. The maximum atomic E-state index is 5.96. The Kier molecular flexibility index (Phi) is 3.96. The predicted octanol–water partition coefficient (Wildman–Crippen LogP) is 2.09. The van der Waals surface area contributed by atoms with Gasteiger partial charge in [-0.15, -0.1) is 0 Å². The zero-order valence-electron chi connectivity index (χ0n) is 10.2. The van der Waals surface area contributed by atoms with Gasteiger partial charge in [0.25, 0.3) is 0 Å². The summed E-state index contributed by atoms with van der Waals surface area (Å²) < 4.78 is 0. The molecular weight excluding hydrogens is 172 g/mol. The van der Waals surface area contributed by atoms with Crippen LogP contribution in [0.15, 0.2) is 0 Å². The van der Waals surface area contributed by atoms with Gasteiger partial charge in [-0.25, -0.2) is 0 Å². The summed E-state index contributed by atoms with van der Waals surface area (Å²) in [4.78, 5) is 2.35. The van der Waals surface area contributed by atoms with E-state index in [1.54, 1.807) is 0 Å². The Bertz CT molecular complexity index is 177. The highest BCUT2D eigenvalue weighted by Gasteiger charge is 2.37. The van der Waals surface area contributed by atoms with Gasteiger partial charge in [-0.2, -0.15) is 0 Å². The Morgan fingerprint density at radius 1 is 1.43 bits per heavy atom. The summed E-state index contributed by atoms with van der Waals surface area (Å²) in [5.74, 6) is 1.68. The molecule has 0 aliphatic heterocycles. The number of hydrogen-bond acceptors (Lipinski definition) is 2. The molecule has 0 aromatic rings. The molecule has 14 heavy (non-hydrogen) atoms. The van der Waals surface area contributed by atoms with Crippen molar-refractivity contribution in [1.82, 2.24) is 4.90 Å². The molecule has 0 heterocycles. The molecule has 0 radical (unpaired) electrons. The van der Waals surface area contributed by atoms with Gasteiger partial charge in [0.15, 0.2) is 0 Å². The van der Waals surface area contributed by atoms with Crippen molar-refractivity contribution in [2.24, 2.45) is 17.6 Å². The summed E-state index contributed by atoms with van der Waals surface area (Å²) in [6.07, 6.45) is 5.30. The average Bonchev–Trinajstić information content (AvgIpc) is 2.17. The van der Waals surface area contributed by atoms with E-state index in [1.807, 2.05) is 0 Å². The van der Waals surface area contributed by atoms with Crippen molar-refractivity contribution in [3.05, 3.63) is 0 Å². The molecular formula is C12H26N2. The third kappa shape index (κ3) is 2.29. The zero-order valence-corrected chi connectivity index (χ0v) is 10.2. The fourth-order valence-electron chi connectivity index (χ4n) is 2.73. The SMILES string of the molecule is CC(C)C1CCCC(CN)(N(C)C)C1. The van der Waals surface area contributed by atoms with Crippen molar-refractivity contribution in [1.29, 1.82) is 0 Å². The smallest absolute Gasteiger partial charge is 0.0328 e. The molecule has 0 spiro atoms. The van der Waals surface area contributed by atoms with Crippen LogP contribution in [0.1, 0.15) is 39.5 Å². The second kappa shape index (κ2) is 4.63. The van der Waals surface area contributed by atoms with Gasteiger partial charge in [0, 0.05) is 12.1 Å². The van der Waals surface area contributed by atoms with Crippen LogP contribution in [0.25, 0.3) is 0 Å². The Morgan fingerprint density at radius 2 is 2.07 bits per heavy atom. The summed E-state index contributed by atoms with van der Waals surface area (Å²) in [5, 5.41) is 0. The normalized spacial score (nSPS) is 34.1. The number of likely N-dealkylation sites (N-methyl/N-ethyl adjacent to an activating group) is 1. The summed E-state index contributed by atoms with van der Waals surface area (Å²) >= 11 is 0. The van der Waals surface area contributed by atoms with Gasteiger partial charge in [-0.1, -0.05) is 26.7 Å². The molecule has 0 amide bonds. The van der Waals surface area contributed by atoms with Gasteiger partial charge >= 0.3 is 0 Å². The average molecular weight is 198 g/mol. The fraction of sp³-hybridized carbons (Fsp3) is 1.00. The summed E-state index contributed by atoms with van der Waals surface area (Å²) in [6, 6.07) is 0. The van der Waals surface area contributed by atoms with Gasteiger partial charge < -0.3 is 10.6 Å². The Balaban J connectivity index is 2.69. The summed E-state index contributed by atoms with van der Waals surface area (Å²) in [5.41, 5.74) is 6.24. The van der Waals surface area contributed by atoms with Crippen molar-refractivity contribution < 1.29 is 0 Å². The number of nitrogens with zero attached hydrogens (tertiary/aromatic N) is 1. The van der Waals surface area contributed by atoms with E-state index in [0.717, 1.165) is 18.4 Å². The van der Waals surface area contributed by atoms with Crippen LogP contribution in [0.3, 0.4) is 0 Å². The quantitative estimate of drug-likeness (QED) is 0.752. The van der Waals surface area contributed by atoms with Crippen LogP contribution in [0.2, 0.25) is 0 Å². The van der Waals surface area contributed by atoms with E-state index in [2.05, 4.69) is 32.8 Å². The van der Waals surface area contributed by atoms with E-state index in [-0.39, 0.29) is 5.54 Å². The highest BCUT2D eigenvalue weighted by molar-refractivity contribution is 4.94. The van der Waals surface area contributed by atoms with Gasteiger partial charge in [-0.05, 0) is 38.8 Å². The molecule has 2 nitrogen and oxygen atoms in total. The van der Waals surface area contributed by atoms with Crippen molar-refractivity contribution in [3.63, 3.8) is 0 Å². The molecule has 2 unspecified atom stereocenters. The van der Waals surface area contributed by atoms with Crippen LogP contribution in [-0.2, 0) is 0 Å². The van der Waals surface area contributed by atoms with Gasteiger partial charge in [0.05, 0.1) is 0 Å². The molecule has 1 saturated carbocycles. The molecule has 0 saturated heterocycles. The predicted molar refractivity (Wildman–Crippen MR) is 62.3 cm³/mol. The number of rotatable bonds is 3. The zero-order chi connectivity index (χ0) is 10.8. The first-order chi connectivity index (χ1) is 6.52. The third-order valence-corrected chi connectivity index (χ3v) is 4.13. The van der Waals surface area contributed by atoms with E-state index in [9.17, 15) is 0 Å². The van der Waals surface area contributed by atoms with Crippen LogP contribution < -0.4 is 5.73 Å². The van der Waals surface area contributed by atoms with Crippen LogP contribution in [0, 0.1) is 11.8 Å². The van der Waals surface area contributed by atoms with Gasteiger partial charge in [-0.3, -0.25) is 0 Å². The molecule has 0 aromatic carbocycles. The van der Waals surface area contributed by atoms with E-state index in [1.165, 1.54) is 25.7 Å².